The lowest BCUT2D eigenvalue weighted by molar-refractivity contribution is -0.136. The molecule has 6 nitrogen and oxygen atoms in total. The second kappa shape index (κ2) is 7.32. The van der Waals surface area contributed by atoms with Gasteiger partial charge in [-0.25, -0.2) is 8.78 Å². The fraction of sp³-hybridized carbons (Fsp3) is 0.0625. The molecule has 0 fully saturated rings. The highest BCUT2D eigenvalue weighted by Gasteiger charge is 2.16. The molecule has 0 spiro atoms. The number of benzene rings is 2. The number of hydrogen-bond acceptors (Lipinski definition) is 3. The van der Waals surface area contributed by atoms with Gasteiger partial charge in [0.15, 0.2) is 0 Å². The molecule has 0 saturated heterocycles. The summed E-state index contributed by atoms with van der Waals surface area (Å²) in [6.45, 7) is -0.172. The standard InChI is InChI=1S/C16H13F2N3O3/c17-12-4-2-1-3-9(12)8-20-15(23)16(24)21-10-5-6-13(18)11(7-10)14(19)22/h1-7H,8H2,(H2,19,22)(H,20,23)(H,21,24). The zero-order valence-electron chi connectivity index (χ0n) is 12.3. The van der Waals surface area contributed by atoms with Crippen molar-refractivity contribution in [3.63, 3.8) is 0 Å². The zero-order chi connectivity index (χ0) is 17.7. The molecule has 0 heterocycles. The summed E-state index contributed by atoms with van der Waals surface area (Å²) in [5, 5.41) is 4.45. The zero-order valence-corrected chi connectivity index (χ0v) is 12.3. The van der Waals surface area contributed by atoms with Crippen molar-refractivity contribution in [1.82, 2.24) is 5.32 Å². The lowest BCUT2D eigenvalue weighted by Gasteiger charge is -2.08. The third kappa shape index (κ3) is 4.13. The third-order valence-corrected chi connectivity index (χ3v) is 3.09. The van der Waals surface area contributed by atoms with E-state index in [1.54, 1.807) is 6.07 Å². The molecule has 2 rings (SSSR count). The van der Waals surface area contributed by atoms with E-state index in [0.29, 0.717) is 0 Å². The molecule has 8 heteroatoms. The van der Waals surface area contributed by atoms with Crippen LogP contribution in [0.3, 0.4) is 0 Å². The maximum Gasteiger partial charge on any atom is 0.313 e. The van der Waals surface area contributed by atoms with Crippen molar-refractivity contribution >= 4 is 23.4 Å². The fourth-order valence-electron chi connectivity index (χ4n) is 1.88. The largest absolute Gasteiger partial charge is 0.366 e. The first-order valence-corrected chi connectivity index (χ1v) is 6.80. The first-order valence-electron chi connectivity index (χ1n) is 6.80. The summed E-state index contributed by atoms with van der Waals surface area (Å²) in [5.41, 5.74) is 4.82. The SMILES string of the molecule is NC(=O)c1cc(NC(=O)C(=O)NCc2ccccc2F)ccc1F. The van der Waals surface area contributed by atoms with Crippen molar-refractivity contribution < 1.29 is 23.2 Å². The van der Waals surface area contributed by atoms with Crippen LogP contribution in [0.2, 0.25) is 0 Å². The van der Waals surface area contributed by atoms with E-state index in [9.17, 15) is 23.2 Å². The van der Waals surface area contributed by atoms with Gasteiger partial charge in [0.2, 0.25) is 0 Å². The van der Waals surface area contributed by atoms with Crippen LogP contribution in [0, 0.1) is 11.6 Å². The monoisotopic (exact) mass is 333 g/mol. The lowest BCUT2D eigenvalue weighted by Crippen LogP contribution is -2.35. The molecule has 0 radical (unpaired) electrons. The van der Waals surface area contributed by atoms with Gasteiger partial charge in [-0.3, -0.25) is 14.4 Å². The number of primary amides is 1. The van der Waals surface area contributed by atoms with Gasteiger partial charge in [-0.2, -0.15) is 0 Å². The molecule has 0 aliphatic heterocycles. The second-order valence-corrected chi connectivity index (χ2v) is 4.79. The van der Waals surface area contributed by atoms with Crippen molar-refractivity contribution in [2.75, 3.05) is 5.32 Å². The quantitative estimate of drug-likeness (QED) is 0.736. The molecule has 4 N–H and O–H groups in total. The van der Waals surface area contributed by atoms with Crippen LogP contribution >= 0.6 is 0 Å². The molecular weight excluding hydrogens is 320 g/mol. The number of nitrogens with one attached hydrogen (secondary N) is 2. The molecule has 24 heavy (non-hydrogen) atoms. The summed E-state index contributed by atoms with van der Waals surface area (Å²) in [7, 11) is 0. The molecule has 0 bridgehead atoms. The van der Waals surface area contributed by atoms with Crippen LogP contribution in [0.1, 0.15) is 15.9 Å². The van der Waals surface area contributed by atoms with Crippen molar-refractivity contribution in [3.05, 3.63) is 65.2 Å². The number of rotatable bonds is 4. The van der Waals surface area contributed by atoms with E-state index in [0.717, 1.165) is 12.1 Å². The predicted molar refractivity (Wildman–Crippen MR) is 81.8 cm³/mol. The first kappa shape index (κ1) is 17.1. The summed E-state index contributed by atoms with van der Waals surface area (Å²) < 4.78 is 26.7. The van der Waals surface area contributed by atoms with Crippen molar-refractivity contribution in [2.24, 2.45) is 5.73 Å². The van der Waals surface area contributed by atoms with Crippen LogP contribution in [0.5, 0.6) is 0 Å². The Morgan fingerprint density at radius 2 is 1.67 bits per heavy atom. The van der Waals surface area contributed by atoms with Crippen LogP contribution in [0.4, 0.5) is 14.5 Å². The Labute approximate surface area is 135 Å². The van der Waals surface area contributed by atoms with Gasteiger partial charge in [0, 0.05) is 17.8 Å². The van der Waals surface area contributed by atoms with Crippen molar-refractivity contribution in [2.45, 2.75) is 6.54 Å². The smallest absolute Gasteiger partial charge is 0.313 e. The van der Waals surface area contributed by atoms with Crippen LogP contribution in [0.25, 0.3) is 0 Å². The average Bonchev–Trinajstić information content (AvgIpc) is 2.55. The summed E-state index contributed by atoms with van der Waals surface area (Å²) in [6, 6.07) is 8.90. The number of anilines is 1. The maximum atomic E-state index is 13.4. The summed E-state index contributed by atoms with van der Waals surface area (Å²) in [5.74, 6) is -4.42. The minimum absolute atomic E-state index is 0.0243. The molecule has 0 unspecified atom stereocenters. The minimum atomic E-state index is -1.05. The van der Waals surface area contributed by atoms with Crippen LogP contribution in [-0.2, 0) is 16.1 Å². The van der Waals surface area contributed by atoms with Crippen molar-refractivity contribution in [1.29, 1.82) is 0 Å². The van der Waals surface area contributed by atoms with Gasteiger partial charge in [0.25, 0.3) is 5.91 Å². The lowest BCUT2D eigenvalue weighted by atomic mass is 10.1. The molecule has 0 aliphatic carbocycles. The van der Waals surface area contributed by atoms with E-state index in [4.69, 9.17) is 5.73 Å². The number of carbonyl (C=O) groups excluding carboxylic acids is 3. The van der Waals surface area contributed by atoms with E-state index < -0.39 is 34.9 Å². The van der Waals surface area contributed by atoms with Gasteiger partial charge in [-0.1, -0.05) is 18.2 Å². The van der Waals surface area contributed by atoms with Crippen LogP contribution in [0.15, 0.2) is 42.5 Å². The first-order chi connectivity index (χ1) is 11.4. The number of carbonyl (C=O) groups is 3. The highest BCUT2D eigenvalue weighted by molar-refractivity contribution is 6.39. The molecule has 2 aromatic carbocycles. The van der Waals surface area contributed by atoms with Gasteiger partial charge in [-0.05, 0) is 24.3 Å². The van der Waals surface area contributed by atoms with E-state index in [1.165, 1.54) is 24.3 Å². The van der Waals surface area contributed by atoms with Gasteiger partial charge >= 0.3 is 11.8 Å². The van der Waals surface area contributed by atoms with E-state index >= 15 is 0 Å². The molecule has 2 aromatic rings. The molecular formula is C16H13F2N3O3. The predicted octanol–water partition coefficient (Wildman–Crippen LogP) is 1.32. The topological polar surface area (TPSA) is 101 Å². The van der Waals surface area contributed by atoms with E-state index in [-0.39, 0.29) is 17.8 Å². The molecule has 0 saturated carbocycles. The third-order valence-electron chi connectivity index (χ3n) is 3.09. The van der Waals surface area contributed by atoms with Gasteiger partial charge in [0.1, 0.15) is 11.6 Å². The van der Waals surface area contributed by atoms with Crippen LogP contribution < -0.4 is 16.4 Å². The number of hydrogen-bond donors (Lipinski definition) is 3. The average molecular weight is 333 g/mol. The Hall–Kier alpha value is -3.29. The van der Waals surface area contributed by atoms with Gasteiger partial charge in [-0.15, -0.1) is 0 Å². The highest BCUT2D eigenvalue weighted by atomic mass is 19.1. The summed E-state index contributed by atoms with van der Waals surface area (Å²) in [4.78, 5) is 34.5. The maximum absolute atomic E-state index is 13.4. The van der Waals surface area contributed by atoms with Gasteiger partial charge < -0.3 is 16.4 Å². The molecule has 3 amide bonds. The van der Waals surface area contributed by atoms with Crippen LogP contribution in [-0.4, -0.2) is 17.7 Å². The molecule has 0 aliphatic rings. The number of halogens is 2. The fourth-order valence-corrected chi connectivity index (χ4v) is 1.88. The number of amides is 3. The Morgan fingerprint density at radius 1 is 0.958 bits per heavy atom. The Balaban J connectivity index is 1.99. The minimum Gasteiger partial charge on any atom is -0.366 e. The Bertz CT molecular complexity index is 809. The highest BCUT2D eigenvalue weighted by Crippen LogP contribution is 2.14. The Kier molecular flexibility index (Phi) is 5.20. The summed E-state index contributed by atoms with van der Waals surface area (Å²) >= 11 is 0. The second-order valence-electron chi connectivity index (χ2n) is 4.79. The normalized spacial score (nSPS) is 10.1. The molecule has 124 valence electrons. The molecule has 0 aromatic heterocycles. The molecule has 0 atom stereocenters. The summed E-state index contributed by atoms with van der Waals surface area (Å²) in [6.07, 6.45) is 0. The van der Waals surface area contributed by atoms with E-state index in [1.807, 2.05) is 0 Å². The van der Waals surface area contributed by atoms with Crippen molar-refractivity contribution in [3.8, 4) is 0 Å². The Morgan fingerprint density at radius 3 is 2.33 bits per heavy atom. The van der Waals surface area contributed by atoms with E-state index in [2.05, 4.69) is 10.6 Å². The van der Waals surface area contributed by atoms with Gasteiger partial charge in [0.05, 0.1) is 5.56 Å². The number of nitrogens with two attached hydrogens (primary N) is 1.